The first-order valence-electron chi connectivity index (χ1n) is 6.97. The third kappa shape index (κ3) is 5.72. The van der Waals surface area contributed by atoms with Crippen LogP contribution in [0.3, 0.4) is 0 Å². The summed E-state index contributed by atoms with van der Waals surface area (Å²) in [5.74, 6) is 1.71. The van der Waals surface area contributed by atoms with Gasteiger partial charge in [-0.2, -0.15) is 0 Å². The van der Waals surface area contributed by atoms with Gasteiger partial charge in [-0.1, -0.05) is 22.0 Å². The van der Waals surface area contributed by atoms with E-state index in [0.29, 0.717) is 12.0 Å². The van der Waals surface area contributed by atoms with E-state index in [9.17, 15) is 0 Å². The lowest BCUT2D eigenvalue weighted by Gasteiger charge is -2.25. The van der Waals surface area contributed by atoms with Crippen LogP contribution in [0.2, 0.25) is 0 Å². The number of alkyl halides is 1. The van der Waals surface area contributed by atoms with Gasteiger partial charge in [0.05, 0.1) is 0 Å². The normalized spacial score (nSPS) is 23.3. The number of hydrogen-bond acceptors (Lipinski definition) is 2. The third-order valence-electron chi connectivity index (χ3n) is 3.55. The van der Waals surface area contributed by atoms with E-state index in [1.807, 2.05) is 24.3 Å². The van der Waals surface area contributed by atoms with E-state index in [1.165, 1.54) is 25.7 Å². The molecule has 2 nitrogen and oxygen atoms in total. The fraction of sp³-hybridized carbons (Fsp3) is 0.600. The van der Waals surface area contributed by atoms with E-state index in [4.69, 9.17) is 16.3 Å². The van der Waals surface area contributed by atoms with Crippen LogP contribution in [0, 0.1) is 5.92 Å². The molecule has 4 heteroatoms. The summed E-state index contributed by atoms with van der Waals surface area (Å²) in [6.45, 7) is 2.69. The van der Waals surface area contributed by atoms with Gasteiger partial charge in [0.2, 0.25) is 0 Å². The Morgan fingerprint density at radius 1 is 1.26 bits per heavy atom. The third-order valence-corrected chi connectivity index (χ3v) is 4.48. The van der Waals surface area contributed by atoms with Crippen LogP contribution in [0.15, 0.2) is 28.7 Å². The van der Waals surface area contributed by atoms with Crippen LogP contribution in [-0.2, 0) is 0 Å². The molecule has 1 aliphatic carbocycles. The van der Waals surface area contributed by atoms with E-state index >= 15 is 0 Å². The number of benzene rings is 1. The van der Waals surface area contributed by atoms with Gasteiger partial charge in [-0.15, -0.1) is 11.6 Å². The Bertz CT molecular complexity index is 380. The highest BCUT2D eigenvalue weighted by atomic mass is 79.9. The maximum absolute atomic E-state index is 6.10. The van der Waals surface area contributed by atoms with Crippen molar-refractivity contribution in [2.24, 2.45) is 5.92 Å². The summed E-state index contributed by atoms with van der Waals surface area (Å²) in [7, 11) is 0. The van der Waals surface area contributed by atoms with Crippen molar-refractivity contribution in [2.45, 2.75) is 31.1 Å². The molecule has 1 aromatic carbocycles. The van der Waals surface area contributed by atoms with Gasteiger partial charge in [0.15, 0.2) is 0 Å². The molecule has 1 fully saturated rings. The lowest BCUT2D eigenvalue weighted by atomic mass is 9.89. The van der Waals surface area contributed by atoms with Gasteiger partial charge < -0.3 is 10.1 Å². The first-order valence-corrected chi connectivity index (χ1v) is 8.20. The summed E-state index contributed by atoms with van der Waals surface area (Å²) in [6.07, 6.45) is 4.85. The summed E-state index contributed by atoms with van der Waals surface area (Å²) in [6, 6.07) is 7.95. The molecule has 19 heavy (non-hydrogen) atoms. The van der Waals surface area contributed by atoms with Gasteiger partial charge in [0.1, 0.15) is 12.4 Å². The van der Waals surface area contributed by atoms with Crippen molar-refractivity contribution in [3.05, 3.63) is 28.7 Å². The standard InChI is InChI=1S/C15H21BrClNO/c16-13-2-1-3-15(10-13)19-9-8-18-11-12-4-6-14(17)7-5-12/h1-3,10,12,14,18H,4-9,11H2. The van der Waals surface area contributed by atoms with E-state index in [-0.39, 0.29) is 0 Å². The van der Waals surface area contributed by atoms with Gasteiger partial charge in [0.25, 0.3) is 0 Å². The van der Waals surface area contributed by atoms with E-state index in [2.05, 4.69) is 21.2 Å². The van der Waals surface area contributed by atoms with Crippen molar-refractivity contribution >= 4 is 27.5 Å². The Hall–Kier alpha value is -0.250. The average Bonchev–Trinajstić information content (AvgIpc) is 2.41. The fourth-order valence-corrected chi connectivity index (χ4v) is 3.06. The highest BCUT2D eigenvalue weighted by molar-refractivity contribution is 9.10. The molecule has 0 heterocycles. The van der Waals surface area contributed by atoms with Crippen LogP contribution >= 0.6 is 27.5 Å². The predicted octanol–water partition coefficient (Wildman–Crippen LogP) is 4.22. The highest BCUT2D eigenvalue weighted by Gasteiger charge is 2.18. The second kappa shape index (κ2) is 8.13. The zero-order chi connectivity index (χ0) is 13.5. The molecule has 1 aliphatic rings. The second-order valence-corrected chi connectivity index (χ2v) is 6.66. The Morgan fingerprint density at radius 2 is 2.05 bits per heavy atom. The van der Waals surface area contributed by atoms with Crippen LogP contribution in [0.25, 0.3) is 0 Å². The van der Waals surface area contributed by atoms with Gasteiger partial charge >= 0.3 is 0 Å². The van der Waals surface area contributed by atoms with Crippen molar-refractivity contribution in [2.75, 3.05) is 19.7 Å². The quantitative estimate of drug-likeness (QED) is 0.615. The van der Waals surface area contributed by atoms with Crippen LogP contribution in [0.4, 0.5) is 0 Å². The monoisotopic (exact) mass is 345 g/mol. The molecule has 106 valence electrons. The van der Waals surface area contributed by atoms with Crippen LogP contribution in [0.5, 0.6) is 5.75 Å². The number of hydrogen-bond donors (Lipinski definition) is 1. The summed E-state index contributed by atoms with van der Waals surface area (Å²) in [4.78, 5) is 0. The molecule has 0 atom stereocenters. The smallest absolute Gasteiger partial charge is 0.120 e. The minimum Gasteiger partial charge on any atom is -0.492 e. The minimum atomic E-state index is 0.413. The van der Waals surface area contributed by atoms with Gasteiger partial charge in [-0.25, -0.2) is 0 Å². The molecule has 2 rings (SSSR count). The summed E-state index contributed by atoms with van der Waals surface area (Å²) < 4.78 is 6.73. The van der Waals surface area contributed by atoms with Crippen molar-refractivity contribution in [3.8, 4) is 5.75 Å². The maximum atomic E-state index is 6.10. The first-order chi connectivity index (χ1) is 9.24. The summed E-state index contributed by atoms with van der Waals surface area (Å²) >= 11 is 9.54. The molecule has 0 unspecified atom stereocenters. The zero-order valence-corrected chi connectivity index (χ0v) is 13.4. The van der Waals surface area contributed by atoms with Crippen LogP contribution in [0.1, 0.15) is 25.7 Å². The lowest BCUT2D eigenvalue weighted by Crippen LogP contribution is -2.29. The summed E-state index contributed by atoms with van der Waals surface area (Å²) in [5.41, 5.74) is 0. The highest BCUT2D eigenvalue weighted by Crippen LogP contribution is 2.26. The topological polar surface area (TPSA) is 21.3 Å². The first kappa shape index (κ1) is 15.1. The average molecular weight is 347 g/mol. The van der Waals surface area contributed by atoms with Crippen LogP contribution < -0.4 is 10.1 Å². The molecule has 1 N–H and O–H groups in total. The lowest BCUT2D eigenvalue weighted by molar-refractivity contribution is 0.295. The predicted molar refractivity (Wildman–Crippen MR) is 84.1 cm³/mol. The largest absolute Gasteiger partial charge is 0.492 e. The molecule has 1 aromatic rings. The Balaban J connectivity index is 1.55. The molecular formula is C15H21BrClNO. The minimum absolute atomic E-state index is 0.413. The Labute approximate surface area is 129 Å². The van der Waals surface area contributed by atoms with Crippen molar-refractivity contribution < 1.29 is 4.74 Å². The second-order valence-electron chi connectivity index (χ2n) is 5.13. The Kier molecular flexibility index (Phi) is 6.48. The fourth-order valence-electron chi connectivity index (χ4n) is 2.43. The van der Waals surface area contributed by atoms with Gasteiger partial charge in [-0.3, -0.25) is 0 Å². The zero-order valence-electron chi connectivity index (χ0n) is 11.1. The molecular weight excluding hydrogens is 326 g/mol. The van der Waals surface area contributed by atoms with Gasteiger partial charge in [0, 0.05) is 16.4 Å². The van der Waals surface area contributed by atoms with Crippen molar-refractivity contribution in [3.63, 3.8) is 0 Å². The maximum Gasteiger partial charge on any atom is 0.120 e. The van der Waals surface area contributed by atoms with Crippen molar-refractivity contribution in [1.82, 2.24) is 5.32 Å². The SMILES string of the molecule is ClC1CCC(CNCCOc2cccc(Br)c2)CC1. The van der Waals surface area contributed by atoms with E-state index in [1.54, 1.807) is 0 Å². The number of rotatable bonds is 6. The van der Waals surface area contributed by atoms with E-state index in [0.717, 1.165) is 29.2 Å². The molecule has 0 bridgehead atoms. The molecule has 0 saturated heterocycles. The number of halogens is 2. The van der Waals surface area contributed by atoms with Gasteiger partial charge in [-0.05, 0) is 56.3 Å². The molecule has 0 aliphatic heterocycles. The number of nitrogens with one attached hydrogen (secondary N) is 1. The number of ether oxygens (including phenoxy) is 1. The molecule has 0 radical (unpaired) electrons. The molecule has 0 spiro atoms. The van der Waals surface area contributed by atoms with Crippen molar-refractivity contribution in [1.29, 1.82) is 0 Å². The summed E-state index contributed by atoms with van der Waals surface area (Å²) in [5, 5.41) is 3.89. The molecule has 0 aromatic heterocycles. The van der Waals surface area contributed by atoms with E-state index < -0.39 is 0 Å². The molecule has 1 saturated carbocycles. The molecule has 0 amide bonds. The van der Waals surface area contributed by atoms with Crippen LogP contribution in [-0.4, -0.2) is 25.1 Å². The Morgan fingerprint density at radius 3 is 2.79 bits per heavy atom.